The average molecular weight is 314 g/mol. The van der Waals surface area contributed by atoms with E-state index in [0.29, 0.717) is 16.8 Å². The Labute approximate surface area is 131 Å². The fourth-order valence-electron chi connectivity index (χ4n) is 2.50. The molecular weight excluding hydrogens is 301 g/mol. The molecule has 3 aromatic rings. The molecule has 0 aliphatic rings. The van der Waals surface area contributed by atoms with Crippen LogP contribution in [-0.4, -0.2) is 7.11 Å². The van der Waals surface area contributed by atoms with Crippen LogP contribution in [0.3, 0.4) is 0 Å². The summed E-state index contributed by atoms with van der Waals surface area (Å²) in [7, 11) is 1.60. The zero-order valence-electron chi connectivity index (χ0n) is 12.3. The van der Waals surface area contributed by atoms with Crippen molar-refractivity contribution in [2.24, 2.45) is 0 Å². The van der Waals surface area contributed by atoms with Gasteiger partial charge in [0.2, 0.25) is 0 Å². The Morgan fingerprint density at radius 2 is 1.61 bits per heavy atom. The highest BCUT2D eigenvalue weighted by atomic mass is 19.3. The molecule has 0 fully saturated rings. The maximum Gasteiger partial charge on any atom is 0.271 e. The highest BCUT2D eigenvalue weighted by Gasteiger charge is 2.08. The van der Waals surface area contributed by atoms with Gasteiger partial charge in [0.05, 0.1) is 7.11 Å². The van der Waals surface area contributed by atoms with E-state index in [0.717, 1.165) is 16.9 Å². The van der Waals surface area contributed by atoms with Gasteiger partial charge in [-0.1, -0.05) is 36.4 Å². The van der Waals surface area contributed by atoms with Crippen LogP contribution in [0.4, 0.5) is 13.2 Å². The second kappa shape index (κ2) is 6.16. The van der Waals surface area contributed by atoms with Crippen LogP contribution in [0.25, 0.3) is 28.0 Å². The van der Waals surface area contributed by atoms with Gasteiger partial charge in [0.1, 0.15) is 11.6 Å². The Bertz CT molecular complexity index is 879. The van der Waals surface area contributed by atoms with E-state index in [2.05, 4.69) is 0 Å². The normalized spacial score (nSPS) is 10.6. The number of benzene rings is 3. The van der Waals surface area contributed by atoms with E-state index in [4.69, 9.17) is 4.74 Å². The largest absolute Gasteiger partial charge is 0.497 e. The summed E-state index contributed by atoms with van der Waals surface area (Å²) in [5.41, 5.74) is 1.76. The summed E-state index contributed by atoms with van der Waals surface area (Å²) in [5, 5.41) is 0.976. The fourth-order valence-corrected chi connectivity index (χ4v) is 2.50. The molecule has 0 aliphatic carbocycles. The van der Waals surface area contributed by atoms with Gasteiger partial charge in [0, 0.05) is 17.0 Å². The van der Waals surface area contributed by atoms with E-state index in [9.17, 15) is 13.2 Å². The van der Waals surface area contributed by atoms with Crippen molar-refractivity contribution in [1.29, 1.82) is 0 Å². The first-order chi connectivity index (χ1) is 11.1. The molecule has 0 N–H and O–H groups in total. The number of fused-ring (bicyclic) bond motifs is 1. The average Bonchev–Trinajstić information content (AvgIpc) is 2.57. The first kappa shape index (κ1) is 15.2. The molecule has 0 aromatic heterocycles. The third-order valence-corrected chi connectivity index (χ3v) is 3.67. The molecule has 23 heavy (non-hydrogen) atoms. The maximum atomic E-state index is 14.3. The number of ether oxygens (including phenoxy) is 1. The minimum absolute atomic E-state index is 0.116. The van der Waals surface area contributed by atoms with Gasteiger partial charge < -0.3 is 4.74 Å². The zero-order valence-corrected chi connectivity index (χ0v) is 12.3. The second-order valence-electron chi connectivity index (χ2n) is 5.07. The van der Waals surface area contributed by atoms with E-state index in [1.807, 2.05) is 30.3 Å². The van der Waals surface area contributed by atoms with Crippen LogP contribution >= 0.6 is 0 Å². The van der Waals surface area contributed by atoms with Crippen molar-refractivity contribution < 1.29 is 17.9 Å². The lowest BCUT2D eigenvalue weighted by Gasteiger charge is -2.07. The standard InChI is InChI=1S/C19H13F3O/c1-23-16-7-4-12(5-8-16)13-6-9-17-14(10-13)2-3-15(19(17)22)11-18(20)21/h2-11H,1H3. The molecule has 0 spiro atoms. The molecule has 1 nitrogen and oxygen atoms in total. The molecule has 0 aliphatic heterocycles. The number of rotatable bonds is 3. The van der Waals surface area contributed by atoms with Crippen LogP contribution in [0.2, 0.25) is 0 Å². The van der Waals surface area contributed by atoms with Gasteiger partial charge in [-0.05, 0) is 34.7 Å². The second-order valence-corrected chi connectivity index (χ2v) is 5.07. The van der Waals surface area contributed by atoms with Gasteiger partial charge >= 0.3 is 0 Å². The summed E-state index contributed by atoms with van der Waals surface area (Å²) in [6.07, 6.45) is -1.38. The number of halogens is 3. The van der Waals surface area contributed by atoms with E-state index in [1.165, 1.54) is 6.07 Å². The van der Waals surface area contributed by atoms with Crippen molar-refractivity contribution >= 4 is 16.8 Å². The maximum absolute atomic E-state index is 14.3. The predicted octanol–water partition coefficient (Wildman–Crippen LogP) is 5.89. The third kappa shape index (κ3) is 3.06. The Balaban J connectivity index is 2.07. The fraction of sp³-hybridized carbons (Fsp3) is 0.0526. The van der Waals surface area contributed by atoms with Gasteiger partial charge in [0.15, 0.2) is 0 Å². The van der Waals surface area contributed by atoms with Gasteiger partial charge in [-0.25, -0.2) is 4.39 Å². The molecule has 0 saturated carbocycles. The van der Waals surface area contributed by atoms with Gasteiger partial charge in [-0.15, -0.1) is 0 Å². The van der Waals surface area contributed by atoms with Crippen LogP contribution in [0.15, 0.2) is 60.7 Å². The Morgan fingerprint density at radius 3 is 2.26 bits per heavy atom. The summed E-state index contributed by atoms with van der Waals surface area (Å²) in [6.45, 7) is 0. The van der Waals surface area contributed by atoms with Crippen LogP contribution in [0, 0.1) is 5.82 Å². The third-order valence-electron chi connectivity index (χ3n) is 3.67. The monoisotopic (exact) mass is 314 g/mol. The highest BCUT2D eigenvalue weighted by Crippen LogP contribution is 2.29. The van der Waals surface area contributed by atoms with Gasteiger partial charge in [-0.2, -0.15) is 8.78 Å². The smallest absolute Gasteiger partial charge is 0.271 e. The SMILES string of the molecule is COc1ccc(-c2ccc3c(F)c(C=C(F)F)ccc3c2)cc1. The highest BCUT2D eigenvalue weighted by molar-refractivity contribution is 5.89. The Kier molecular flexibility index (Phi) is 4.06. The van der Waals surface area contributed by atoms with Crippen molar-refractivity contribution in [3.8, 4) is 16.9 Å². The molecule has 0 unspecified atom stereocenters. The molecule has 0 saturated heterocycles. The number of hydrogen-bond acceptors (Lipinski definition) is 1. The summed E-state index contributed by atoms with van der Waals surface area (Å²) in [4.78, 5) is 0. The van der Waals surface area contributed by atoms with Crippen molar-refractivity contribution in [2.45, 2.75) is 0 Å². The van der Waals surface area contributed by atoms with Crippen LogP contribution in [-0.2, 0) is 0 Å². The molecule has 0 atom stereocenters. The number of methoxy groups -OCH3 is 1. The Hall–Kier alpha value is -2.75. The minimum atomic E-state index is -1.92. The Morgan fingerprint density at radius 1 is 0.913 bits per heavy atom. The molecule has 3 rings (SSSR count). The van der Waals surface area contributed by atoms with Gasteiger partial charge in [0.25, 0.3) is 6.08 Å². The summed E-state index contributed by atoms with van der Waals surface area (Å²) < 4.78 is 44.1. The van der Waals surface area contributed by atoms with Gasteiger partial charge in [-0.3, -0.25) is 0 Å². The predicted molar refractivity (Wildman–Crippen MR) is 86.1 cm³/mol. The molecule has 0 heterocycles. The molecular formula is C19H13F3O. The van der Waals surface area contributed by atoms with Crippen LogP contribution in [0.5, 0.6) is 5.75 Å². The van der Waals surface area contributed by atoms with E-state index in [1.54, 1.807) is 25.3 Å². The van der Waals surface area contributed by atoms with E-state index in [-0.39, 0.29) is 5.56 Å². The molecule has 0 amide bonds. The van der Waals surface area contributed by atoms with Crippen molar-refractivity contribution in [2.75, 3.05) is 7.11 Å². The van der Waals surface area contributed by atoms with Crippen LogP contribution < -0.4 is 4.74 Å². The molecule has 4 heteroatoms. The molecule has 0 radical (unpaired) electrons. The van der Waals surface area contributed by atoms with Crippen molar-refractivity contribution in [1.82, 2.24) is 0 Å². The first-order valence-electron chi connectivity index (χ1n) is 6.98. The van der Waals surface area contributed by atoms with Crippen LogP contribution in [0.1, 0.15) is 5.56 Å². The summed E-state index contributed by atoms with van der Waals surface area (Å²) in [5.74, 6) is 0.113. The van der Waals surface area contributed by atoms with E-state index >= 15 is 0 Å². The minimum Gasteiger partial charge on any atom is -0.497 e. The summed E-state index contributed by atoms with van der Waals surface area (Å²) in [6, 6.07) is 15.7. The quantitative estimate of drug-likeness (QED) is 0.585. The summed E-state index contributed by atoms with van der Waals surface area (Å²) >= 11 is 0. The van der Waals surface area contributed by atoms with E-state index < -0.39 is 11.9 Å². The molecule has 116 valence electrons. The first-order valence-corrected chi connectivity index (χ1v) is 6.98. The van der Waals surface area contributed by atoms with Crippen molar-refractivity contribution in [3.63, 3.8) is 0 Å². The zero-order chi connectivity index (χ0) is 16.4. The topological polar surface area (TPSA) is 9.23 Å². The number of hydrogen-bond donors (Lipinski definition) is 0. The lowest BCUT2D eigenvalue weighted by molar-refractivity contribution is 0.415. The molecule has 0 bridgehead atoms. The van der Waals surface area contributed by atoms with Crippen molar-refractivity contribution in [3.05, 3.63) is 72.1 Å². The lowest BCUT2D eigenvalue weighted by atomic mass is 9.99. The lowest BCUT2D eigenvalue weighted by Crippen LogP contribution is -1.87. The molecule has 3 aromatic carbocycles.